The van der Waals surface area contributed by atoms with Gasteiger partial charge in [-0.25, -0.2) is 0 Å². The van der Waals surface area contributed by atoms with Gasteiger partial charge in [-0.2, -0.15) is 5.10 Å². The monoisotopic (exact) mass is 428 g/mol. The number of anilines is 1. The van der Waals surface area contributed by atoms with Crippen LogP contribution >= 0.6 is 12.2 Å². The Kier molecular flexibility index (Phi) is 4.88. The number of hydrogen-bond donors (Lipinski definition) is 2. The standard InChI is InChI=1S/C24H20N4O2S/c1-15-6-8-16(9-7-15)23-26-27-24(31)28(23)13-12-22(29)25-17-10-11-19-18-4-2-3-5-20(18)30-21(19)14-17/h2-11,14H,12-13H2,1H3,(H,25,29)(H,27,31). The third-order valence-electron chi connectivity index (χ3n) is 5.29. The summed E-state index contributed by atoms with van der Waals surface area (Å²) in [5.41, 5.74) is 4.40. The molecule has 0 atom stereocenters. The zero-order valence-corrected chi connectivity index (χ0v) is 17.7. The number of para-hydroxylation sites is 1. The zero-order chi connectivity index (χ0) is 21.4. The lowest BCUT2D eigenvalue weighted by atomic mass is 10.1. The van der Waals surface area contributed by atoms with Crippen molar-refractivity contribution in [3.63, 3.8) is 0 Å². The van der Waals surface area contributed by atoms with E-state index in [2.05, 4.69) is 15.5 Å². The van der Waals surface area contributed by atoms with E-state index in [0.717, 1.165) is 33.3 Å². The first-order valence-corrected chi connectivity index (χ1v) is 10.4. The van der Waals surface area contributed by atoms with E-state index in [-0.39, 0.29) is 12.3 Å². The Balaban J connectivity index is 1.31. The largest absolute Gasteiger partial charge is 0.456 e. The van der Waals surface area contributed by atoms with Crippen molar-refractivity contribution in [1.82, 2.24) is 14.8 Å². The second-order valence-electron chi connectivity index (χ2n) is 7.48. The highest BCUT2D eigenvalue weighted by atomic mass is 32.1. The molecule has 1 amide bonds. The molecule has 0 bridgehead atoms. The molecule has 0 spiro atoms. The van der Waals surface area contributed by atoms with Gasteiger partial charge in [0.2, 0.25) is 5.91 Å². The Labute approximate surface area is 183 Å². The molecule has 0 saturated carbocycles. The van der Waals surface area contributed by atoms with Gasteiger partial charge in [0, 0.05) is 41.1 Å². The molecule has 0 unspecified atom stereocenters. The number of aromatic amines is 1. The van der Waals surface area contributed by atoms with Crippen LogP contribution in [0.15, 0.2) is 71.1 Å². The molecule has 31 heavy (non-hydrogen) atoms. The molecule has 2 heterocycles. The van der Waals surface area contributed by atoms with E-state index in [1.165, 1.54) is 5.56 Å². The summed E-state index contributed by atoms with van der Waals surface area (Å²) >= 11 is 5.37. The SMILES string of the molecule is Cc1ccc(-c2n[nH]c(=S)n2CCC(=O)Nc2ccc3c(c2)oc2ccccc23)cc1. The van der Waals surface area contributed by atoms with Crippen LogP contribution in [-0.4, -0.2) is 20.7 Å². The summed E-state index contributed by atoms with van der Waals surface area (Å²) in [6.45, 7) is 2.46. The van der Waals surface area contributed by atoms with Gasteiger partial charge in [-0.3, -0.25) is 14.5 Å². The lowest BCUT2D eigenvalue weighted by Crippen LogP contribution is -2.15. The molecular formula is C24H20N4O2S. The van der Waals surface area contributed by atoms with E-state index < -0.39 is 0 Å². The first-order valence-electron chi connectivity index (χ1n) is 10.0. The lowest BCUT2D eigenvalue weighted by Gasteiger charge is -2.08. The van der Waals surface area contributed by atoms with Crippen LogP contribution < -0.4 is 5.32 Å². The fourth-order valence-electron chi connectivity index (χ4n) is 3.69. The maximum Gasteiger partial charge on any atom is 0.226 e. The second kappa shape index (κ2) is 7.85. The Morgan fingerprint density at radius 3 is 2.68 bits per heavy atom. The minimum Gasteiger partial charge on any atom is -0.456 e. The van der Waals surface area contributed by atoms with Crippen molar-refractivity contribution in [2.45, 2.75) is 19.9 Å². The molecular weight excluding hydrogens is 408 g/mol. The Morgan fingerprint density at radius 2 is 1.84 bits per heavy atom. The molecule has 5 aromatic rings. The maximum absolute atomic E-state index is 12.6. The van der Waals surface area contributed by atoms with E-state index in [1.807, 2.05) is 78.2 Å². The molecule has 0 aliphatic rings. The summed E-state index contributed by atoms with van der Waals surface area (Å²) in [5, 5.41) is 12.2. The van der Waals surface area contributed by atoms with Crippen molar-refractivity contribution in [2.24, 2.45) is 0 Å². The van der Waals surface area contributed by atoms with Gasteiger partial charge >= 0.3 is 0 Å². The quantitative estimate of drug-likeness (QED) is 0.345. The van der Waals surface area contributed by atoms with Crippen molar-refractivity contribution in [3.05, 3.63) is 77.1 Å². The van der Waals surface area contributed by atoms with Crippen LogP contribution in [0.4, 0.5) is 5.69 Å². The van der Waals surface area contributed by atoms with Crippen LogP contribution in [-0.2, 0) is 11.3 Å². The third kappa shape index (κ3) is 3.75. The molecule has 0 saturated heterocycles. The summed E-state index contributed by atoms with van der Waals surface area (Å²) in [5.74, 6) is 0.620. The molecule has 154 valence electrons. The van der Waals surface area contributed by atoms with Gasteiger partial charge < -0.3 is 9.73 Å². The highest BCUT2D eigenvalue weighted by Gasteiger charge is 2.12. The first-order chi connectivity index (χ1) is 15.1. The number of hydrogen-bond acceptors (Lipinski definition) is 4. The van der Waals surface area contributed by atoms with Crippen molar-refractivity contribution >= 4 is 45.8 Å². The summed E-state index contributed by atoms with van der Waals surface area (Å²) in [4.78, 5) is 12.6. The molecule has 5 rings (SSSR count). The molecule has 0 radical (unpaired) electrons. The number of furan rings is 1. The van der Waals surface area contributed by atoms with Crippen LogP contribution in [0, 0.1) is 11.7 Å². The molecule has 0 fully saturated rings. The van der Waals surface area contributed by atoms with Crippen molar-refractivity contribution in [3.8, 4) is 11.4 Å². The third-order valence-corrected chi connectivity index (χ3v) is 5.60. The number of fused-ring (bicyclic) bond motifs is 3. The van der Waals surface area contributed by atoms with Gasteiger partial charge in [0.15, 0.2) is 10.6 Å². The smallest absolute Gasteiger partial charge is 0.226 e. The zero-order valence-electron chi connectivity index (χ0n) is 16.9. The summed E-state index contributed by atoms with van der Waals surface area (Å²) in [7, 11) is 0. The predicted octanol–water partition coefficient (Wildman–Crippen LogP) is 5.84. The second-order valence-corrected chi connectivity index (χ2v) is 7.86. The summed E-state index contributed by atoms with van der Waals surface area (Å²) in [6.07, 6.45) is 0.269. The minimum absolute atomic E-state index is 0.103. The van der Waals surface area contributed by atoms with Crippen molar-refractivity contribution < 1.29 is 9.21 Å². The number of H-pyrrole nitrogens is 1. The van der Waals surface area contributed by atoms with Gasteiger partial charge in [0.05, 0.1) is 0 Å². The van der Waals surface area contributed by atoms with E-state index in [4.69, 9.17) is 16.6 Å². The van der Waals surface area contributed by atoms with Crippen molar-refractivity contribution in [1.29, 1.82) is 0 Å². The first kappa shape index (κ1) is 19.3. The Morgan fingerprint density at radius 1 is 1.06 bits per heavy atom. The summed E-state index contributed by atoms with van der Waals surface area (Å²) in [6, 6.07) is 21.7. The van der Waals surface area contributed by atoms with E-state index >= 15 is 0 Å². The lowest BCUT2D eigenvalue weighted by molar-refractivity contribution is -0.116. The molecule has 7 heteroatoms. The number of aromatic nitrogens is 3. The molecule has 0 aliphatic carbocycles. The van der Waals surface area contributed by atoms with Crippen molar-refractivity contribution in [2.75, 3.05) is 5.32 Å². The van der Waals surface area contributed by atoms with Gasteiger partial charge in [-0.15, -0.1) is 0 Å². The molecule has 0 aliphatic heterocycles. The number of aryl methyl sites for hydroxylation is 1. The highest BCUT2D eigenvalue weighted by molar-refractivity contribution is 7.71. The average molecular weight is 429 g/mol. The number of nitrogens with one attached hydrogen (secondary N) is 2. The van der Waals surface area contributed by atoms with Crippen LogP contribution in [0.5, 0.6) is 0 Å². The number of amides is 1. The van der Waals surface area contributed by atoms with E-state index in [9.17, 15) is 4.79 Å². The predicted molar refractivity (Wildman–Crippen MR) is 125 cm³/mol. The number of carbonyl (C=O) groups excluding carboxylic acids is 1. The van der Waals surface area contributed by atoms with Gasteiger partial charge in [-0.1, -0.05) is 48.0 Å². The van der Waals surface area contributed by atoms with Gasteiger partial charge in [-0.05, 0) is 37.3 Å². The number of carbonyl (C=O) groups is 1. The molecule has 3 aromatic carbocycles. The van der Waals surface area contributed by atoms with E-state index in [0.29, 0.717) is 17.0 Å². The van der Waals surface area contributed by atoms with Crippen LogP contribution in [0.1, 0.15) is 12.0 Å². The normalized spacial score (nSPS) is 11.3. The van der Waals surface area contributed by atoms with Gasteiger partial charge in [0.1, 0.15) is 11.2 Å². The van der Waals surface area contributed by atoms with Crippen LogP contribution in [0.2, 0.25) is 0 Å². The number of benzene rings is 3. The average Bonchev–Trinajstić information content (AvgIpc) is 3.32. The fourth-order valence-corrected chi connectivity index (χ4v) is 3.91. The number of rotatable bonds is 5. The van der Waals surface area contributed by atoms with Crippen LogP contribution in [0.25, 0.3) is 33.3 Å². The maximum atomic E-state index is 12.6. The minimum atomic E-state index is -0.103. The topological polar surface area (TPSA) is 75.8 Å². The molecule has 2 N–H and O–H groups in total. The van der Waals surface area contributed by atoms with E-state index in [1.54, 1.807) is 0 Å². The Bertz CT molecular complexity index is 1460. The number of nitrogens with zero attached hydrogens (tertiary/aromatic N) is 2. The summed E-state index contributed by atoms with van der Waals surface area (Å²) < 4.78 is 8.24. The fraction of sp³-hybridized carbons (Fsp3) is 0.125. The van der Waals surface area contributed by atoms with Gasteiger partial charge in [0.25, 0.3) is 0 Å². The Hall–Kier alpha value is -3.71. The molecule has 2 aromatic heterocycles. The molecule has 6 nitrogen and oxygen atoms in total. The highest BCUT2D eigenvalue weighted by Crippen LogP contribution is 2.30. The van der Waals surface area contributed by atoms with Crippen LogP contribution in [0.3, 0.4) is 0 Å².